The normalized spacial score (nSPS) is 17.1. The third-order valence-corrected chi connectivity index (χ3v) is 6.91. The van der Waals surface area contributed by atoms with Gasteiger partial charge in [0.1, 0.15) is 12.0 Å². The molecule has 1 N–H and O–H groups in total. The van der Waals surface area contributed by atoms with E-state index in [0.29, 0.717) is 26.1 Å². The molecule has 0 amide bonds. The summed E-state index contributed by atoms with van der Waals surface area (Å²) in [6.07, 6.45) is 7.70. The first-order chi connectivity index (χ1) is 13.0. The van der Waals surface area contributed by atoms with Crippen molar-refractivity contribution < 1.29 is 8.42 Å². The van der Waals surface area contributed by atoms with E-state index < -0.39 is 15.6 Å². The molecule has 1 aliphatic heterocycles. The van der Waals surface area contributed by atoms with E-state index in [0.717, 1.165) is 22.3 Å². The van der Waals surface area contributed by atoms with Gasteiger partial charge in [-0.3, -0.25) is 4.68 Å². The molecule has 0 spiro atoms. The lowest BCUT2D eigenvalue weighted by Gasteiger charge is -2.49. The highest BCUT2D eigenvalue weighted by Crippen LogP contribution is 2.36. The standard InChI is InChI=1S/C17H21N7O2S/c1-3-27(25,26)23-10-17(11-23,5-7-18-2)24-9-13(8-22-24)15-14-4-6-19-16(14)21-12-20-15/h4,6,8-9,12H,2-3,5,7,10-11H2,1H3,(H,19,20,21). The Kier molecular flexibility index (Phi) is 4.31. The van der Waals surface area contributed by atoms with Crippen LogP contribution in [0.3, 0.4) is 0 Å². The van der Waals surface area contributed by atoms with Crippen molar-refractivity contribution in [2.75, 3.05) is 25.4 Å². The number of nitrogens with one attached hydrogen (secondary N) is 1. The molecule has 27 heavy (non-hydrogen) atoms. The van der Waals surface area contributed by atoms with Crippen LogP contribution >= 0.6 is 0 Å². The SMILES string of the molecule is C=NCCC1(n2cc(-c3ncnc4[nH]ccc34)cn2)CN(S(=O)(=O)CC)C1. The van der Waals surface area contributed by atoms with E-state index in [2.05, 4.69) is 31.8 Å². The van der Waals surface area contributed by atoms with E-state index in [1.54, 1.807) is 13.1 Å². The lowest BCUT2D eigenvalue weighted by atomic mass is 9.88. The molecular formula is C17H21N7O2S. The average molecular weight is 387 g/mol. The third-order valence-electron chi connectivity index (χ3n) is 5.13. The Morgan fingerprint density at radius 2 is 2.19 bits per heavy atom. The Morgan fingerprint density at radius 3 is 2.93 bits per heavy atom. The van der Waals surface area contributed by atoms with Gasteiger partial charge in [0, 0.05) is 43.0 Å². The molecule has 0 aliphatic carbocycles. The van der Waals surface area contributed by atoms with Gasteiger partial charge in [0.25, 0.3) is 0 Å². The van der Waals surface area contributed by atoms with Crippen LogP contribution in [0.2, 0.25) is 0 Å². The highest BCUT2D eigenvalue weighted by molar-refractivity contribution is 7.89. The van der Waals surface area contributed by atoms with Crippen molar-refractivity contribution in [1.29, 1.82) is 0 Å². The summed E-state index contributed by atoms with van der Waals surface area (Å²) in [7, 11) is -3.21. The smallest absolute Gasteiger partial charge is 0.213 e. The minimum atomic E-state index is -3.21. The number of hydrogen-bond donors (Lipinski definition) is 1. The lowest BCUT2D eigenvalue weighted by Crippen LogP contribution is -2.64. The fraction of sp³-hybridized carbons (Fsp3) is 0.412. The van der Waals surface area contributed by atoms with Gasteiger partial charge < -0.3 is 9.98 Å². The van der Waals surface area contributed by atoms with Crippen LogP contribution in [-0.2, 0) is 15.6 Å². The molecular weight excluding hydrogens is 366 g/mol. The summed E-state index contributed by atoms with van der Waals surface area (Å²) in [5.74, 6) is 0.0968. The van der Waals surface area contributed by atoms with Crippen LogP contribution in [-0.4, -0.2) is 69.6 Å². The number of H-pyrrole nitrogens is 1. The summed E-state index contributed by atoms with van der Waals surface area (Å²) < 4.78 is 27.7. The van der Waals surface area contributed by atoms with Crippen LogP contribution in [0.15, 0.2) is 36.0 Å². The molecule has 0 radical (unpaired) electrons. The van der Waals surface area contributed by atoms with Crippen LogP contribution in [0.1, 0.15) is 13.3 Å². The van der Waals surface area contributed by atoms with E-state index >= 15 is 0 Å². The zero-order chi connectivity index (χ0) is 19.1. The Bertz CT molecular complexity index is 1080. The summed E-state index contributed by atoms with van der Waals surface area (Å²) in [5, 5.41) is 5.45. The predicted molar refractivity (Wildman–Crippen MR) is 103 cm³/mol. The Hall–Kier alpha value is -2.59. The predicted octanol–water partition coefficient (Wildman–Crippen LogP) is 1.27. The first-order valence-corrected chi connectivity index (χ1v) is 10.3. The molecule has 0 bridgehead atoms. The van der Waals surface area contributed by atoms with E-state index in [4.69, 9.17) is 0 Å². The maximum Gasteiger partial charge on any atom is 0.213 e. The minimum Gasteiger partial charge on any atom is -0.346 e. The number of sulfonamides is 1. The van der Waals surface area contributed by atoms with Gasteiger partial charge in [0.05, 0.1) is 23.2 Å². The maximum atomic E-state index is 12.2. The van der Waals surface area contributed by atoms with Crippen LogP contribution in [0, 0.1) is 0 Å². The third kappa shape index (κ3) is 2.94. The zero-order valence-electron chi connectivity index (χ0n) is 15.0. The number of hydrogen-bond acceptors (Lipinski definition) is 6. The summed E-state index contributed by atoms with van der Waals surface area (Å²) in [6.45, 7) is 6.54. The number of aromatic nitrogens is 5. The lowest BCUT2D eigenvalue weighted by molar-refractivity contribution is 0.0610. The van der Waals surface area contributed by atoms with Crippen molar-refractivity contribution >= 4 is 27.8 Å². The van der Waals surface area contributed by atoms with Crippen LogP contribution in [0.4, 0.5) is 0 Å². The first-order valence-electron chi connectivity index (χ1n) is 8.73. The molecule has 0 aromatic carbocycles. The number of nitrogens with zero attached hydrogens (tertiary/aromatic N) is 6. The van der Waals surface area contributed by atoms with Gasteiger partial charge in [-0.15, -0.1) is 0 Å². The first kappa shape index (κ1) is 17.8. The van der Waals surface area contributed by atoms with Crippen molar-refractivity contribution in [2.24, 2.45) is 4.99 Å². The largest absolute Gasteiger partial charge is 0.346 e. The van der Waals surface area contributed by atoms with Gasteiger partial charge in [-0.2, -0.15) is 9.40 Å². The van der Waals surface area contributed by atoms with Crippen molar-refractivity contribution in [3.8, 4) is 11.3 Å². The second-order valence-corrected chi connectivity index (χ2v) is 8.98. The van der Waals surface area contributed by atoms with E-state index in [-0.39, 0.29) is 5.75 Å². The molecule has 1 fully saturated rings. The summed E-state index contributed by atoms with van der Waals surface area (Å²) >= 11 is 0. The number of aromatic amines is 1. The van der Waals surface area contributed by atoms with Gasteiger partial charge in [0.2, 0.25) is 10.0 Å². The molecule has 3 aromatic rings. The van der Waals surface area contributed by atoms with Crippen molar-refractivity contribution in [1.82, 2.24) is 29.0 Å². The fourth-order valence-electron chi connectivity index (χ4n) is 3.50. The molecule has 10 heteroatoms. The fourth-order valence-corrected chi connectivity index (χ4v) is 4.74. The number of fused-ring (bicyclic) bond motifs is 1. The Labute approximate surface area is 157 Å². The molecule has 3 aromatic heterocycles. The van der Waals surface area contributed by atoms with Crippen LogP contribution in [0.25, 0.3) is 22.3 Å². The molecule has 1 saturated heterocycles. The van der Waals surface area contributed by atoms with Crippen molar-refractivity contribution in [3.05, 3.63) is 31.0 Å². The van der Waals surface area contributed by atoms with E-state index in [1.807, 2.05) is 23.1 Å². The molecule has 0 unspecified atom stereocenters. The monoisotopic (exact) mass is 387 g/mol. The number of aliphatic imine (C=N–C) groups is 1. The topological polar surface area (TPSA) is 109 Å². The summed E-state index contributed by atoms with van der Waals surface area (Å²) in [5.41, 5.74) is 2.01. The summed E-state index contributed by atoms with van der Waals surface area (Å²) in [4.78, 5) is 15.6. The highest BCUT2D eigenvalue weighted by atomic mass is 32.2. The van der Waals surface area contributed by atoms with Gasteiger partial charge >= 0.3 is 0 Å². The Morgan fingerprint density at radius 1 is 1.37 bits per heavy atom. The number of rotatable bonds is 7. The quantitative estimate of drug-likeness (QED) is 0.614. The van der Waals surface area contributed by atoms with Gasteiger partial charge in [-0.25, -0.2) is 18.4 Å². The van der Waals surface area contributed by atoms with Crippen molar-refractivity contribution in [3.63, 3.8) is 0 Å². The van der Waals surface area contributed by atoms with Crippen molar-refractivity contribution in [2.45, 2.75) is 18.9 Å². The molecule has 4 rings (SSSR count). The van der Waals surface area contributed by atoms with Gasteiger partial charge in [0.15, 0.2) is 0 Å². The maximum absolute atomic E-state index is 12.2. The zero-order valence-corrected chi connectivity index (χ0v) is 15.9. The summed E-state index contributed by atoms with van der Waals surface area (Å²) in [6, 6.07) is 1.93. The molecule has 142 valence electrons. The highest BCUT2D eigenvalue weighted by Gasteiger charge is 2.49. The van der Waals surface area contributed by atoms with Crippen LogP contribution < -0.4 is 0 Å². The second kappa shape index (κ2) is 6.54. The molecule has 4 heterocycles. The Balaban J connectivity index is 1.67. The molecule has 1 aliphatic rings. The molecule has 0 atom stereocenters. The van der Waals surface area contributed by atoms with Gasteiger partial charge in [-0.05, 0) is 26.1 Å². The van der Waals surface area contributed by atoms with E-state index in [1.165, 1.54) is 10.6 Å². The van der Waals surface area contributed by atoms with E-state index in [9.17, 15) is 8.42 Å². The average Bonchev–Trinajstić information content (AvgIpc) is 3.30. The molecule has 0 saturated carbocycles. The second-order valence-electron chi connectivity index (χ2n) is 6.73. The minimum absolute atomic E-state index is 0.0968. The van der Waals surface area contributed by atoms with Crippen LogP contribution in [0.5, 0.6) is 0 Å². The van der Waals surface area contributed by atoms with Gasteiger partial charge in [-0.1, -0.05) is 0 Å². The molecule has 9 nitrogen and oxygen atoms in total.